The van der Waals surface area contributed by atoms with Gasteiger partial charge in [0.2, 0.25) is 0 Å². The summed E-state index contributed by atoms with van der Waals surface area (Å²) in [7, 11) is 3.01. The predicted octanol–water partition coefficient (Wildman–Crippen LogP) is 0.263. The Morgan fingerprint density at radius 1 is 1.08 bits per heavy atom. The van der Waals surface area contributed by atoms with E-state index in [9.17, 15) is 0 Å². The van der Waals surface area contributed by atoms with Gasteiger partial charge in [0.15, 0.2) is 23.1 Å². The molecule has 0 fully saturated rings. The minimum Gasteiger partial charge on any atom is -0.493 e. The van der Waals surface area contributed by atoms with E-state index in [4.69, 9.17) is 20.9 Å². The standard InChI is InChI=1S/C7H11N3O2/c1-11-4-3-5(12-2)7(9)10-6(4)8/h3H,1-2H3,(H4,8,9,10). The van der Waals surface area contributed by atoms with Crippen LogP contribution in [0.4, 0.5) is 11.6 Å². The fourth-order valence-electron chi connectivity index (χ4n) is 0.834. The maximum atomic E-state index is 5.48. The van der Waals surface area contributed by atoms with E-state index in [1.807, 2.05) is 0 Å². The molecule has 1 rings (SSSR count). The molecule has 5 heteroatoms. The number of ether oxygens (including phenoxy) is 2. The van der Waals surface area contributed by atoms with E-state index in [0.717, 1.165) is 0 Å². The van der Waals surface area contributed by atoms with Gasteiger partial charge in [0.1, 0.15) is 0 Å². The van der Waals surface area contributed by atoms with E-state index < -0.39 is 0 Å². The normalized spacial score (nSPS) is 9.50. The van der Waals surface area contributed by atoms with Crippen LogP contribution in [0.5, 0.6) is 11.5 Å². The fourth-order valence-corrected chi connectivity index (χ4v) is 0.834. The first-order valence-electron chi connectivity index (χ1n) is 3.33. The van der Waals surface area contributed by atoms with Crippen molar-refractivity contribution in [1.82, 2.24) is 4.98 Å². The summed E-state index contributed by atoms with van der Waals surface area (Å²) in [5, 5.41) is 0. The van der Waals surface area contributed by atoms with Crippen LogP contribution in [0.2, 0.25) is 0 Å². The number of nitrogens with zero attached hydrogens (tertiary/aromatic N) is 1. The molecular weight excluding hydrogens is 158 g/mol. The summed E-state index contributed by atoms with van der Waals surface area (Å²) in [5.41, 5.74) is 11.0. The molecule has 0 aromatic carbocycles. The number of rotatable bonds is 2. The SMILES string of the molecule is COc1cc(OC)c(N)nc1N. The molecule has 0 amide bonds. The highest BCUT2D eigenvalue weighted by Gasteiger charge is 2.06. The van der Waals surface area contributed by atoms with Crippen LogP contribution < -0.4 is 20.9 Å². The Labute approximate surface area is 70.3 Å². The fraction of sp³-hybridized carbons (Fsp3) is 0.286. The lowest BCUT2D eigenvalue weighted by Crippen LogP contribution is -2.01. The number of anilines is 2. The number of hydrogen-bond donors (Lipinski definition) is 2. The number of hydrogen-bond acceptors (Lipinski definition) is 5. The summed E-state index contributed by atoms with van der Waals surface area (Å²) in [5.74, 6) is 1.44. The monoisotopic (exact) mass is 169 g/mol. The Kier molecular flexibility index (Phi) is 2.23. The molecule has 1 aromatic rings. The molecule has 0 atom stereocenters. The number of aromatic nitrogens is 1. The molecule has 0 spiro atoms. The summed E-state index contributed by atoms with van der Waals surface area (Å²) in [6, 6.07) is 1.59. The van der Waals surface area contributed by atoms with E-state index in [0.29, 0.717) is 11.5 Å². The molecule has 5 nitrogen and oxygen atoms in total. The van der Waals surface area contributed by atoms with Crippen LogP contribution in [0.1, 0.15) is 0 Å². The quantitative estimate of drug-likeness (QED) is 0.663. The first kappa shape index (κ1) is 8.45. The Bertz CT molecular complexity index is 263. The van der Waals surface area contributed by atoms with Gasteiger partial charge in [-0.1, -0.05) is 0 Å². The van der Waals surface area contributed by atoms with Crippen molar-refractivity contribution in [3.8, 4) is 11.5 Å². The Balaban J connectivity index is 3.18. The molecule has 4 N–H and O–H groups in total. The largest absolute Gasteiger partial charge is 0.493 e. The van der Waals surface area contributed by atoms with Crippen molar-refractivity contribution >= 4 is 11.6 Å². The molecule has 1 heterocycles. The van der Waals surface area contributed by atoms with Gasteiger partial charge in [-0.3, -0.25) is 0 Å². The van der Waals surface area contributed by atoms with Crippen LogP contribution in [-0.2, 0) is 0 Å². The molecule has 12 heavy (non-hydrogen) atoms. The van der Waals surface area contributed by atoms with Crippen molar-refractivity contribution in [2.24, 2.45) is 0 Å². The number of nitrogens with two attached hydrogens (primary N) is 2. The molecular formula is C7H11N3O2. The zero-order valence-electron chi connectivity index (χ0n) is 7.00. The van der Waals surface area contributed by atoms with E-state index in [2.05, 4.69) is 4.98 Å². The van der Waals surface area contributed by atoms with Crippen molar-refractivity contribution in [3.63, 3.8) is 0 Å². The molecule has 0 aliphatic heterocycles. The van der Waals surface area contributed by atoms with Crippen LogP contribution in [-0.4, -0.2) is 19.2 Å². The summed E-state index contributed by atoms with van der Waals surface area (Å²) in [6.07, 6.45) is 0. The van der Waals surface area contributed by atoms with Gasteiger partial charge in [-0.15, -0.1) is 0 Å². The molecule has 66 valence electrons. The van der Waals surface area contributed by atoms with Crippen molar-refractivity contribution in [2.45, 2.75) is 0 Å². The maximum Gasteiger partial charge on any atom is 0.168 e. The van der Waals surface area contributed by atoms with Gasteiger partial charge in [0, 0.05) is 6.07 Å². The highest BCUT2D eigenvalue weighted by molar-refractivity contribution is 5.59. The van der Waals surface area contributed by atoms with Crippen LogP contribution in [0.15, 0.2) is 6.07 Å². The van der Waals surface area contributed by atoms with Gasteiger partial charge in [-0.05, 0) is 0 Å². The lowest BCUT2D eigenvalue weighted by molar-refractivity contribution is 0.394. The van der Waals surface area contributed by atoms with E-state index >= 15 is 0 Å². The lowest BCUT2D eigenvalue weighted by atomic mass is 10.4. The summed E-state index contributed by atoms with van der Waals surface area (Å²) < 4.78 is 9.84. The molecule has 1 aromatic heterocycles. The third-order valence-corrected chi connectivity index (χ3v) is 1.45. The third-order valence-electron chi connectivity index (χ3n) is 1.45. The van der Waals surface area contributed by atoms with Crippen LogP contribution >= 0.6 is 0 Å². The van der Waals surface area contributed by atoms with Gasteiger partial charge in [-0.25, -0.2) is 4.98 Å². The van der Waals surface area contributed by atoms with Crippen LogP contribution in [0.3, 0.4) is 0 Å². The minimum absolute atomic E-state index is 0.260. The second-order valence-electron chi connectivity index (χ2n) is 2.16. The highest BCUT2D eigenvalue weighted by Crippen LogP contribution is 2.28. The second kappa shape index (κ2) is 3.17. The second-order valence-corrected chi connectivity index (χ2v) is 2.16. The van der Waals surface area contributed by atoms with Crippen molar-refractivity contribution in [2.75, 3.05) is 25.7 Å². The van der Waals surface area contributed by atoms with Crippen molar-refractivity contribution < 1.29 is 9.47 Å². The van der Waals surface area contributed by atoms with Gasteiger partial charge < -0.3 is 20.9 Å². The average molecular weight is 169 g/mol. The Morgan fingerprint density at radius 2 is 1.50 bits per heavy atom. The summed E-state index contributed by atoms with van der Waals surface area (Å²) >= 11 is 0. The van der Waals surface area contributed by atoms with Gasteiger partial charge >= 0.3 is 0 Å². The number of nitrogen functional groups attached to an aromatic ring is 2. The smallest absolute Gasteiger partial charge is 0.168 e. The topological polar surface area (TPSA) is 83.4 Å². The summed E-state index contributed by atoms with van der Waals surface area (Å²) in [6.45, 7) is 0. The first-order valence-corrected chi connectivity index (χ1v) is 3.33. The Morgan fingerprint density at radius 3 is 1.83 bits per heavy atom. The van der Waals surface area contributed by atoms with Crippen LogP contribution in [0.25, 0.3) is 0 Å². The zero-order valence-corrected chi connectivity index (χ0v) is 7.00. The van der Waals surface area contributed by atoms with Gasteiger partial charge in [0.05, 0.1) is 14.2 Å². The van der Waals surface area contributed by atoms with E-state index in [1.165, 1.54) is 14.2 Å². The number of pyridine rings is 1. The molecule has 0 unspecified atom stereocenters. The minimum atomic E-state index is 0.260. The zero-order chi connectivity index (χ0) is 9.14. The molecule has 0 aliphatic rings. The average Bonchev–Trinajstić information content (AvgIpc) is 2.05. The van der Waals surface area contributed by atoms with E-state index in [1.54, 1.807) is 6.07 Å². The van der Waals surface area contributed by atoms with Gasteiger partial charge in [0.25, 0.3) is 0 Å². The lowest BCUT2D eigenvalue weighted by Gasteiger charge is -2.07. The Hall–Kier alpha value is -1.65. The molecule has 0 saturated heterocycles. The number of methoxy groups -OCH3 is 2. The van der Waals surface area contributed by atoms with Crippen molar-refractivity contribution in [1.29, 1.82) is 0 Å². The third kappa shape index (κ3) is 1.34. The summed E-state index contributed by atoms with van der Waals surface area (Å²) in [4.78, 5) is 3.82. The maximum absolute atomic E-state index is 5.48. The predicted molar refractivity (Wildman–Crippen MR) is 46.2 cm³/mol. The van der Waals surface area contributed by atoms with Crippen LogP contribution in [0, 0.1) is 0 Å². The molecule has 0 aliphatic carbocycles. The molecule has 0 radical (unpaired) electrons. The first-order chi connectivity index (χ1) is 5.69. The van der Waals surface area contributed by atoms with E-state index in [-0.39, 0.29) is 11.6 Å². The molecule has 0 bridgehead atoms. The highest BCUT2D eigenvalue weighted by atomic mass is 16.5. The molecule has 0 saturated carbocycles. The van der Waals surface area contributed by atoms with Crippen molar-refractivity contribution in [3.05, 3.63) is 6.07 Å². The van der Waals surface area contributed by atoms with Gasteiger partial charge in [-0.2, -0.15) is 0 Å².